The van der Waals surface area contributed by atoms with Crippen molar-refractivity contribution in [3.05, 3.63) is 23.8 Å². The minimum Gasteiger partial charge on any atom is -0.465 e. The lowest BCUT2D eigenvalue weighted by Gasteiger charge is -2.09. The van der Waals surface area contributed by atoms with E-state index in [2.05, 4.69) is 6.92 Å². The predicted octanol–water partition coefficient (Wildman–Crippen LogP) is 2.20. The van der Waals surface area contributed by atoms with Crippen LogP contribution in [0.3, 0.4) is 0 Å². The van der Waals surface area contributed by atoms with E-state index in [1.165, 1.54) is 5.56 Å². The number of aryl methyl sites for hydroxylation is 1. The molecule has 1 aromatic carbocycles. The molecule has 0 radical (unpaired) electrons. The van der Waals surface area contributed by atoms with Crippen molar-refractivity contribution in [3.8, 4) is 5.75 Å². The average molecular weight is 195 g/mol. The Labute approximate surface area is 84.8 Å². The molecule has 0 saturated carbocycles. The van der Waals surface area contributed by atoms with Crippen LogP contribution in [0.25, 0.3) is 0 Å². The minimum atomic E-state index is 0.256. The van der Waals surface area contributed by atoms with Crippen molar-refractivity contribution in [1.82, 2.24) is 0 Å². The zero-order chi connectivity index (χ0) is 10.4. The monoisotopic (exact) mass is 195 g/mol. The van der Waals surface area contributed by atoms with E-state index in [0.717, 1.165) is 6.42 Å². The average Bonchev–Trinajstić information content (AvgIpc) is 2.20. The maximum absolute atomic E-state index is 5.80. The highest BCUT2D eigenvalue weighted by Crippen LogP contribution is 2.22. The van der Waals surface area contributed by atoms with E-state index < -0.39 is 0 Å². The molecule has 0 amide bonds. The highest BCUT2D eigenvalue weighted by molar-refractivity contribution is 5.54. The van der Waals surface area contributed by atoms with Gasteiger partial charge in [-0.25, -0.2) is 0 Å². The van der Waals surface area contributed by atoms with Gasteiger partial charge in [-0.15, -0.1) is 0 Å². The van der Waals surface area contributed by atoms with E-state index in [-0.39, 0.29) is 6.79 Å². The molecule has 0 spiro atoms. The van der Waals surface area contributed by atoms with Crippen LogP contribution >= 0.6 is 0 Å². The van der Waals surface area contributed by atoms with Crippen LogP contribution in [0.15, 0.2) is 18.2 Å². The molecule has 3 heteroatoms. The summed E-state index contributed by atoms with van der Waals surface area (Å²) in [5, 5.41) is 0. The van der Waals surface area contributed by atoms with E-state index in [0.29, 0.717) is 18.0 Å². The Morgan fingerprint density at radius 3 is 2.64 bits per heavy atom. The molecule has 0 aliphatic rings. The van der Waals surface area contributed by atoms with Gasteiger partial charge in [0.2, 0.25) is 0 Å². The zero-order valence-corrected chi connectivity index (χ0v) is 8.75. The van der Waals surface area contributed by atoms with Gasteiger partial charge in [-0.3, -0.25) is 0 Å². The van der Waals surface area contributed by atoms with Crippen LogP contribution in [0.1, 0.15) is 19.4 Å². The zero-order valence-electron chi connectivity index (χ0n) is 8.75. The maximum Gasteiger partial charge on any atom is 0.189 e. The van der Waals surface area contributed by atoms with Crippen molar-refractivity contribution in [2.75, 3.05) is 19.1 Å². The molecule has 3 nitrogen and oxygen atoms in total. The van der Waals surface area contributed by atoms with Gasteiger partial charge in [0.25, 0.3) is 0 Å². The Hall–Kier alpha value is -1.22. The molecule has 0 atom stereocenters. The summed E-state index contributed by atoms with van der Waals surface area (Å²) in [7, 11) is 0. The Morgan fingerprint density at radius 1 is 1.29 bits per heavy atom. The van der Waals surface area contributed by atoms with E-state index in [9.17, 15) is 0 Å². The summed E-state index contributed by atoms with van der Waals surface area (Å²) >= 11 is 0. The van der Waals surface area contributed by atoms with Crippen LogP contribution in [0, 0.1) is 0 Å². The van der Waals surface area contributed by atoms with Gasteiger partial charge in [-0.05, 0) is 31.0 Å². The lowest BCUT2D eigenvalue weighted by molar-refractivity contribution is 0.0228. The fourth-order valence-electron chi connectivity index (χ4n) is 1.14. The van der Waals surface area contributed by atoms with Crippen molar-refractivity contribution >= 4 is 5.69 Å². The normalized spacial score (nSPS) is 10.1. The summed E-state index contributed by atoms with van der Waals surface area (Å²) < 4.78 is 10.4. The smallest absolute Gasteiger partial charge is 0.189 e. The number of nitrogens with two attached hydrogens (primary N) is 1. The molecular weight excluding hydrogens is 178 g/mol. The van der Waals surface area contributed by atoms with Crippen molar-refractivity contribution < 1.29 is 9.47 Å². The quantitative estimate of drug-likeness (QED) is 0.445. The summed E-state index contributed by atoms with van der Waals surface area (Å²) in [5.41, 5.74) is 7.68. The Bertz CT molecular complexity index is 287. The lowest BCUT2D eigenvalue weighted by Crippen LogP contribution is -2.04. The first-order valence-electron chi connectivity index (χ1n) is 4.86. The van der Waals surface area contributed by atoms with Crippen molar-refractivity contribution in [2.24, 2.45) is 0 Å². The number of hydrogen-bond acceptors (Lipinski definition) is 3. The van der Waals surface area contributed by atoms with Crippen LogP contribution in [-0.2, 0) is 11.2 Å². The lowest BCUT2D eigenvalue weighted by atomic mass is 10.1. The molecule has 1 aromatic rings. The molecule has 0 heterocycles. The van der Waals surface area contributed by atoms with Gasteiger partial charge in [-0.2, -0.15) is 0 Å². The molecule has 0 aliphatic heterocycles. The Kier molecular flexibility index (Phi) is 4.26. The second-order valence-electron chi connectivity index (χ2n) is 2.98. The van der Waals surface area contributed by atoms with Gasteiger partial charge in [0, 0.05) is 6.61 Å². The van der Waals surface area contributed by atoms with Crippen LogP contribution in [0.2, 0.25) is 0 Å². The van der Waals surface area contributed by atoms with Crippen molar-refractivity contribution in [2.45, 2.75) is 20.3 Å². The van der Waals surface area contributed by atoms with Gasteiger partial charge in [0.05, 0.1) is 5.69 Å². The Morgan fingerprint density at radius 2 is 2.07 bits per heavy atom. The van der Waals surface area contributed by atoms with Gasteiger partial charge >= 0.3 is 0 Å². The molecule has 14 heavy (non-hydrogen) atoms. The standard InChI is InChI=1S/C11H17NO2/c1-3-9-5-6-11(10(12)7-9)14-8-13-4-2/h5-7H,3-4,8,12H2,1-2H3. The summed E-state index contributed by atoms with van der Waals surface area (Å²) in [6, 6.07) is 5.83. The molecule has 0 bridgehead atoms. The first-order chi connectivity index (χ1) is 6.77. The van der Waals surface area contributed by atoms with Gasteiger partial charge in [0.1, 0.15) is 5.75 Å². The van der Waals surface area contributed by atoms with E-state index in [1.807, 2.05) is 25.1 Å². The summed E-state index contributed by atoms with van der Waals surface area (Å²) in [6.07, 6.45) is 0.982. The molecule has 0 saturated heterocycles. The van der Waals surface area contributed by atoms with E-state index >= 15 is 0 Å². The fraction of sp³-hybridized carbons (Fsp3) is 0.455. The molecule has 0 unspecified atom stereocenters. The minimum absolute atomic E-state index is 0.256. The molecule has 2 N–H and O–H groups in total. The summed E-state index contributed by atoms with van der Waals surface area (Å²) in [5.74, 6) is 0.690. The fourth-order valence-corrected chi connectivity index (χ4v) is 1.14. The summed E-state index contributed by atoms with van der Waals surface area (Å²) in [4.78, 5) is 0. The third-order valence-corrected chi connectivity index (χ3v) is 1.98. The number of hydrogen-bond donors (Lipinski definition) is 1. The maximum atomic E-state index is 5.80. The molecule has 1 rings (SSSR count). The second-order valence-corrected chi connectivity index (χ2v) is 2.98. The third kappa shape index (κ3) is 2.92. The van der Waals surface area contributed by atoms with Crippen LogP contribution in [0.5, 0.6) is 5.75 Å². The number of rotatable bonds is 5. The van der Waals surface area contributed by atoms with E-state index in [1.54, 1.807) is 0 Å². The molecule has 78 valence electrons. The summed E-state index contributed by atoms with van der Waals surface area (Å²) in [6.45, 7) is 4.92. The molecular formula is C11H17NO2. The van der Waals surface area contributed by atoms with Crippen molar-refractivity contribution in [1.29, 1.82) is 0 Å². The van der Waals surface area contributed by atoms with Crippen LogP contribution in [0.4, 0.5) is 5.69 Å². The molecule has 0 aliphatic carbocycles. The largest absolute Gasteiger partial charge is 0.465 e. The number of anilines is 1. The van der Waals surface area contributed by atoms with Crippen LogP contribution in [-0.4, -0.2) is 13.4 Å². The number of ether oxygens (including phenoxy) is 2. The number of benzene rings is 1. The first kappa shape index (κ1) is 10.9. The SMILES string of the molecule is CCOCOc1ccc(CC)cc1N. The molecule has 0 aromatic heterocycles. The van der Waals surface area contributed by atoms with Crippen molar-refractivity contribution in [3.63, 3.8) is 0 Å². The van der Waals surface area contributed by atoms with Gasteiger partial charge in [0.15, 0.2) is 6.79 Å². The van der Waals surface area contributed by atoms with Gasteiger partial charge < -0.3 is 15.2 Å². The van der Waals surface area contributed by atoms with E-state index in [4.69, 9.17) is 15.2 Å². The topological polar surface area (TPSA) is 44.5 Å². The molecule has 0 fully saturated rings. The third-order valence-electron chi connectivity index (χ3n) is 1.98. The highest BCUT2D eigenvalue weighted by Gasteiger charge is 2.00. The Balaban J connectivity index is 2.59. The second kappa shape index (κ2) is 5.50. The van der Waals surface area contributed by atoms with Gasteiger partial charge in [-0.1, -0.05) is 13.0 Å². The predicted molar refractivity (Wildman–Crippen MR) is 57.4 cm³/mol. The first-order valence-corrected chi connectivity index (χ1v) is 4.86. The number of nitrogen functional groups attached to an aromatic ring is 1. The highest BCUT2D eigenvalue weighted by atomic mass is 16.7. The van der Waals surface area contributed by atoms with Crippen LogP contribution < -0.4 is 10.5 Å².